The molecule has 0 fully saturated rings. The minimum atomic E-state index is 0.637. The van der Waals surface area contributed by atoms with Crippen molar-refractivity contribution in [2.75, 3.05) is 0 Å². The number of fused-ring (bicyclic) bond motifs is 3. The minimum Gasteiger partial charge on any atom is -0.410 e. The van der Waals surface area contributed by atoms with Crippen molar-refractivity contribution in [3.8, 4) is 11.1 Å². The molecule has 2 aromatic carbocycles. The smallest absolute Gasteiger partial charge is 0.119 e. The lowest BCUT2D eigenvalue weighted by Crippen LogP contribution is -1.98. The number of rotatable bonds is 0. The average Bonchev–Trinajstić information content (AvgIpc) is 2.65. The summed E-state index contributed by atoms with van der Waals surface area (Å²) in [5.41, 5.74) is 4.81. The molecule has 78 valence electrons. The first-order chi connectivity index (χ1) is 7.83. The van der Waals surface area contributed by atoms with Gasteiger partial charge in [0.05, 0.1) is 0 Å². The third-order valence-corrected chi connectivity index (χ3v) is 3.48. The molecule has 0 radical (unpaired) electrons. The molecule has 0 heterocycles. The van der Waals surface area contributed by atoms with Gasteiger partial charge in [0.25, 0.3) is 0 Å². The van der Waals surface area contributed by atoms with Gasteiger partial charge in [0.15, 0.2) is 0 Å². The van der Waals surface area contributed by atoms with Gasteiger partial charge in [0.2, 0.25) is 0 Å². The molecule has 0 amide bonds. The topological polar surface area (TPSA) is 32.6 Å². The van der Waals surface area contributed by atoms with E-state index in [1.165, 1.54) is 0 Å². The Labute approximate surface area is 101 Å². The average molecular weight is 274 g/mol. The Morgan fingerprint density at radius 1 is 0.875 bits per heavy atom. The summed E-state index contributed by atoms with van der Waals surface area (Å²) in [6.45, 7) is 0. The van der Waals surface area contributed by atoms with Gasteiger partial charge in [0.1, 0.15) is 5.71 Å². The summed E-state index contributed by atoms with van der Waals surface area (Å²) in [6, 6.07) is 13.9. The summed E-state index contributed by atoms with van der Waals surface area (Å²) < 4.78 is 0.953. The van der Waals surface area contributed by atoms with Crippen molar-refractivity contribution in [2.45, 2.75) is 0 Å². The van der Waals surface area contributed by atoms with E-state index >= 15 is 0 Å². The molecule has 2 aromatic rings. The zero-order chi connectivity index (χ0) is 11.1. The van der Waals surface area contributed by atoms with E-state index in [-0.39, 0.29) is 0 Å². The first-order valence-corrected chi connectivity index (χ1v) is 5.73. The van der Waals surface area contributed by atoms with E-state index in [4.69, 9.17) is 5.21 Å². The van der Waals surface area contributed by atoms with Crippen LogP contribution in [0.25, 0.3) is 11.1 Å². The van der Waals surface area contributed by atoms with Crippen LogP contribution in [0.3, 0.4) is 0 Å². The van der Waals surface area contributed by atoms with Gasteiger partial charge in [-0.15, -0.1) is 0 Å². The molecule has 0 atom stereocenters. The number of hydrogen-bond donors (Lipinski definition) is 1. The quantitative estimate of drug-likeness (QED) is 0.492. The highest BCUT2D eigenvalue weighted by atomic mass is 79.9. The van der Waals surface area contributed by atoms with E-state index < -0.39 is 0 Å². The van der Waals surface area contributed by atoms with Crippen LogP contribution in [-0.4, -0.2) is 10.9 Å². The third kappa shape index (κ3) is 1.15. The molecule has 1 aliphatic rings. The van der Waals surface area contributed by atoms with Gasteiger partial charge in [-0.25, -0.2) is 0 Å². The van der Waals surface area contributed by atoms with Gasteiger partial charge in [-0.2, -0.15) is 0 Å². The lowest BCUT2D eigenvalue weighted by molar-refractivity contribution is 0.320. The van der Waals surface area contributed by atoms with E-state index in [0.717, 1.165) is 26.7 Å². The normalized spacial score (nSPS) is 14.9. The Kier molecular flexibility index (Phi) is 2.07. The van der Waals surface area contributed by atoms with Crippen molar-refractivity contribution in [1.29, 1.82) is 0 Å². The molecule has 1 N–H and O–H groups in total. The molecule has 3 rings (SSSR count). The molecule has 0 saturated heterocycles. The molecule has 0 aromatic heterocycles. The zero-order valence-electron chi connectivity index (χ0n) is 8.31. The van der Waals surface area contributed by atoms with Crippen molar-refractivity contribution in [3.05, 3.63) is 58.1 Å². The Morgan fingerprint density at radius 3 is 2.31 bits per heavy atom. The molecule has 0 saturated carbocycles. The zero-order valence-corrected chi connectivity index (χ0v) is 9.90. The van der Waals surface area contributed by atoms with Crippen LogP contribution in [0.15, 0.2) is 52.1 Å². The van der Waals surface area contributed by atoms with E-state index in [0.29, 0.717) is 5.71 Å². The van der Waals surface area contributed by atoms with Crippen LogP contribution in [-0.2, 0) is 0 Å². The maximum absolute atomic E-state index is 9.15. The summed E-state index contributed by atoms with van der Waals surface area (Å²) in [5, 5.41) is 12.6. The number of hydrogen-bond acceptors (Lipinski definition) is 2. The Hall–Kier alpha value is -1.61. The van der Waals surface area contributed by atoms with E-state index in [2.05, 4.69) is 21.1 Å². The van der Waals surface area contributed by atoms with Gasteiger partial charge in [-0.05, 0) is 17.2 Å². The predicted octanol–water partition coefficient (Wildman–Crippen LogP) is 3.66. The molecular formula is C13H8BrNO. The summed E-state index contributed by atoms with van der Waals surface area (Å²) in [6.07, 6.45) is 0. The second-order valence-corrected chi connectivity index (χ2v) is 4.51. The standard InChI is InChI=1S/C13H8BrNO/c14-11-7-3-6-9-8-4-1-2-5-10(8)13(15-16)12(9)11/h1-7,16H/b15-13+. The van der Waals surface area contributed by atoms with Crippen LogP contribution in [0.5, 0.6) is 0 Å². The van der Waals surface area contributed by atoms with Crippen LogP contribution < -0.4 is 0 Å². The van der Waals surface area contributed by atoms with Crippen LogP contribution in [0.2, 0.25) is 0 Å². The van der Waals surface area contributed by atoms with E-state index in [9.17, 15) is 0 Å². The molecule has 0 unspecified atom stereocenters. The highest BCUT2D eigenvalue weighted by Crippen LogP contribution is 2.40. The summed E-state index contributed by atoms with van der Waals surface area (Å²) >= 11 is 3.50. The van der Waals surface area contributed by atoms with Crippen LogP contribution >= 0.6 is 15.9 Å². The van der Waals surface area contributed by atoms with Crippen LogP contribution in [0.4, 0.5) is 0 Å². The first kappa shape index (κ1) is 9.60. The SMILES string of the molecule is O/N=C1\c2ccccc2-c2cccc(Br)c21. The monoisotopic (exact) mass is 273 g/mol. The Morgan fingerprint density at radius 2 is 1.56 bits per heavy atom. The highest BCUT2D eigenvalue weighted by Gasteiger charge is 2.26. The fourth-order valence-corrected chi connectivity index (χ4v) is 2.71. The molecule has 0 aliphatic heterocycles. The lowest BCUT2D eigenvalue weighted by Gasteiger charge is -2.01. The molecule has 1 aliphatic carbocycles. The fraction of sp³-hybridized carbons (Fsp3) is 0. The lowest BCUT2D eigenvalue weighted by atomic mass is 10.1. The Balaban J connectivity index is 2.44. The van der Waals surface area contributed by atoms with Crippen molar-refractivity contribution in [3.63, 3.8) is 0 Å². The molecule has 3 heteroatoms. The highest BCUT2D eigenvalue weighted by molar-refractivity contribution is 9.10. The Bertz CT molecular complexity index is 605. The second-order valence-electron chi connectivity index (χ2n) is 3.66. The summed E-state index contributed by atoms with van der Waals surface area (Å²) in [5.74, 6) is 0. The van der Waals surface area contributed by atoms with Crippen molar-refractivity contribution in [1.82, 2.24) is 0 Å². The molecule has 0 spiro atoms. The predicted molar refractivity (Wildman–Crippen MR) is 67.0 cm³/mol. The molecule has 2 nitrogen and oxygen atoms in total. The molecule has 16 heavy (non-hydrogen) atoms. The van der Waals surface area contributed by atoms with Gasteiger partial charge in [-0.1, -0.05) is 57.5 Å². The minimum absolute atomic E-state index is 0.637. The molecular weight excluding hydrogens is 266 g/mol. The van der Waals surface area contributed by atoms with Crippen molar-refractivity contribution >= 4 is 21.6 Å². The van der Waals surface area contributed by atoms with Gasteiger partial charge in [-0.3, -0.25) is 0 Å². The number of halogens is 1. The fourth-order valence-electron chi connectivity index (χ4n) is 2.15. The first-order valence-electron chi connectivity index (χ1n) is 4.93. The van der Waals surface area contributed by atoms with Gasteiger partial charge in [0, 0.05) is 15.6 Å². The largest absolute Gasteiger partial charge is 0.410 e. The van der Waals surface area contributed by atoms with Crippen molar-refractivity contribution in [2.24, 2.45) is 5.16 Å². The maximum Gasteiger partial charge on any atom is 0.119 e. The number of nitrogens with zero attached hydrogens (tertiary/aromatic N) is 1. The molecule has 0 bridgehead atoms. The van der Waals surface area contributed by atoms with Crippen LogP contribution in [0, 0.1) is 0 Å². The van der Waals surface area contributed by atoms with Crippen LogP contribution in [0.1, 0.15) is 11.1 Å². The summed E-state index contributed by atoms with van der Waals surface area (Å²) in [7, 11) is 0. The van der Waals surface area contributed by atoms with Gasteiger partial charge >= 0.3 is 0 Å². The van der Waals surface area contributed by atoms with Crippen molar-refractivity contribution < 1.29 is 5.21 Å². The summed E-state index contributed by atoms with van der Waals surface area (Å²) in [4.78, 5) is 0. The number of benzene rings is 2. The number of oxime groups is 1. The third-order valence-electron chi connectivity index (χ3n) is 2.82. The van der Waals surface area contributed by atoms with Gasteiger partial charge < -0.3 is 5.21 Å². The maximum atomic E-state index is 9.15. The second kappa shape index (κ2) is 3.46. The van der Waals surface area contributed by atoms with E-state index in [1.54, 1.807) is 0 Å². The van der Waals surface area contributed by atoms with E-state index in [1.807, 2.05) is 42.5 Å².